The van der Waals surface area contributed by atoms with Gasteiger partial charge in [-0.2, -0.15) is 0 Å². The van der Waals surface area contributed by atoms with Crippen LogP contribution in [0.2, 0.25) is 0 Å². The zero-order valence-electron chi connectivity index (χ0n) is 16.3. The first kappa shape index (κ1) is 19.1. The molecule has 0 amide bonds. The number of rotatable bonds is 9. The number of pyridine rings is 1. The molecule has 142 valence electrons. The second-order valence-corrected chi connectivity index (χ2v) is 8.03. The first-order chi connectivity index (χ1) is 12.6. The Morgan fingerprint density at radius 3 is 2.58 bits per heavy atom. The van der Waals surface area contributed by atoms with Crippen LogP contribution in [-0.4, -0.2) is 54.6 Å². The third-order valence-electron chi connectivity index (χ3n) is 5.43. The van der Waals surface area contributed by atoms with Crippen molar-refractivity contribution in [2.24, 2.45) is 11.8 Å². The summed E-state index contributed by atoms with van der Waals surface area (Å²) in [6.07, 6.45) is 13.3. The Hall–Kier alpha value is -1.65. The van der Waals surface area contributed by atoms with Crippen molar-refractivity contribution in [2.75, 3.05) is 33.7 Å². The maximum absolute atomic E-state index is 6.26. The predicted octanol–water partition coefficient (Wildman–Crippen LogP) is 3.75. The molecule has 26 heavy (non-hydrogen) atoms. The van der Waals surface area contributed by atoms with E-state index in [9.17, 15) is 0 Å². The standard InChI is InChI=1S/C22H33N3O/c1-4-5-10-21(17-25-15-19-8-6-7-9-20(19)16-25)26-22-12-11-18(13-23-22)14-24(2)3/h4,6-7,11-13,19-21H,1,5,8-10,14-17H2,2-3H3/t19-,20+,21-/m1/s1. The van der Waals surface area contributed by atoms with Gasteiger partial charge < -0.3 is 9.64 Å². The van der Waals surface area contributed by atoms with Crippen LogP contribution in [0.5, 0.6) is 5.88 Å². The summed E-state index contributed by atoms with van der Waals surface area (Å²) in [6, 6.07) is 4.12. The zero-order chi connectivity index (χ0) is 18.4. The van der Waals surface area contributed by atoms with Gasteiger partial charge in [-0.1, -0.05) is 24.3 Å². The third-order valence-corrected chi connectivity index (χ3v) is 5.43. The van der Waals surface area contributed by atoms with Gasteiger partial charge in [0.05, 0.1) is 0 Å². The van der Waals surface area contributed by atoms with E-state index in [0.29, 0.717) is 0 Å². The van der Waals surface area contributed by atoms with Crippen LogP contribution in [0.15, 0.2) is 43.1 Å². The minimum atomic E-state index is 0.174. The van der Waals surface area contributed by atoms with Crippen molar-refractivity contribution >= 4 is 0 Å². The zero-order valence-corrected chi connectivity index (χ0v) is 16.3. The van der Waals surface area contributed by atoms with Crippen molar-refractivity contribution in [1.29, 1.82) is 0 Å². The van der Waals surface area contributed by atoms with E-state index in [4.69, 9.17) is 4.74 Å². The number of aromatic nitrogens is 1. The lowest BCUT2D eigenvalue weighted by molar-refractivity contribution is 0.131. The molecule has 2 aliphatic rings. The van der Waals surface area contributed by atoms with Crippen molar-refractivity contribution in [3.8, 4) is 5.88 Å². The van der Waals surface area contributed by atoms with Gasteiger partial charge in [0.1, 0.15) is 6.10 Å². The summed E-state index contributed by atoms with van der Waals surface area (Å²) < 4.78 is 6.26. The highest BCUT2D eigenvalue weighted by molar-refractivity contribution is 5.18. The van der Waals surface area contributed by atoms with Crippen molar-refractivity contribution in [3.63, 3.8) is 0 Å². The number of hydrogen-bond acceptors (Lipinski definition) is 4. The van der Waals surface area contributed by atoms with Gasteiger partial charge in [0.2, 0.25) is 5.88 Å². The highest BCUT2D eigenvalue weighted by atomic mass is 16.5. The molecule has 1 aliphatic carbocycles. The molecule has 0 unspecified atom stereocenters. The summed E-state index contributed by atoms with van der Waals surface area (Å²) in [6.45, 7) is 8.17. The number of allylic oxidation sites excluding steroid dienone is 3. The molecule has 0 bridgehead atoms. The van der Waals surface area contributed by atoms with E-state index in [0.717, 1.165) is 43.6 Å². The lowest BCUT2D eigenvalue weighted by Gasteiger charge is -2.24. The molecule has 2 heterocycles. The van der Waals surface area contributed by atoms with Crippen molar-refractivity contribution in [1.82, 2.24) is 14.8 Å². The minimum Gasteiger partial charge on any atom is -0.473 e. The number of ether oxygens (including phenoxy) is 1. The fourth-order valence-corrected chi connectivity index (χ4v) is 4.15. The van der Waals surface area contributed by atoms with E-state index in [1.807, 2.05) is 18.3 Å². The largest absolute Gasteiger partial charge is 0.473 e. The molecule has 0 spiro atoms. The number of likely N-dealkylation sites (tertiary alicyclic amines) is 1. The molecule has 4 heteroatoms. The predicted molar refractivity (Wildman–Crippen MR) is 107 cm³/mol. The van der Waals surface area contributed by atoms with Gasteiger partial charge in [-0.15, -0.1) is 6.58 Å². The quantitative estimate of drug-likeness (QED) is 0.631. The summed E-state index contributed by atoms with van der Waals surface area (Å²) in [5, 5.41) is 0. The highest BCUT2D eigenvalue weighted by Crippen LogP contribution is 2.33. The molecule has 3 rings (SSSR count). The van der Waals surface area contributed by atoms with Crippen molar-refractivity contribution in [3.05, 3.63) is 48.7 Å². The maximum Gasteiger partial charge on any atom is 0.213 e. The number of nitrogens with zero attached hydrogens (tertiary/aromatic N) is 3. The summed E-state index contributed by atoms with van der Waals surface area (Å²) in [7, 11) is 4.14. The van der Waals surface area contributed by atoms with E-state index in [2.05, 4.69) is 53.7 Å². The number of hydrogen-bond donors (Lipinski definition) is 0. The molecule has 4 nitrogen and oxygen atoms in total. The molecular formula is C22H33N3O. The van der Waals surface area contributed by atoms with Gasteiger partial charge in [0.25, 0.3) is 0 Å². The van der Waals surface area contributed by atoms with Crippen LogP contribution in [0.4, 0.5) is 0 Å². The summed E-state index contributed by atoms with van der Waals surface area (Å²) in [5.41, 5.74) is 1.21. The molecule has 3 atom stereocenters. The molecule has 0 radical (unpaired) electrons. The van der Waals surface area contributed by atoms with Crippen LogP contribution >= 0.6 is 0 Å². The van der Waals surface area contributed by atoms with Crippen LogP contribution in [0.25, 0.3) is 0 Å². The monoisotopic (exact) mass is 355 g/mol. The van der Waals surface area contributed by atoms with Crippen molar-refractivity contribution in [2.45, 2.75) is 38.3 Å². The Morgan fingerprint density at radius 2 is 2.00 bits per heavy atom. The van der Waals surface area contributed by atoms with Gasteiger partial charge in [0, 0.05) is 38.4 Å². The van der Waals surface area contributed by atoms with Crippen LogP contribution < -0.4 is 4.74 Å². The topological polar surface area (TPSA) is 28.6 Å². The molecule has 1 aliphatic heterocycles. The lowest BCUT2D eigenvalue weighted by Crippen LogP contribution is -2.34. The SMILES string of the molecule is C=CCC[C@H](CN1C[C@H]2CC=CC[C@H]2C1)Oc1ccc(CN(C)C)cn1. The molecule has 1 aromatic heterocycles. The summed E-state index contributed by atoms with van der Waals surface area (Å²) in [5.74, 6) is 2.41. The van der Waals surface area contributed by atoms with E-state index in [1.54, 1.807) is 0 Å². The first-order valence-corrected chi connectivity index (χ1v) is 9.88. The average Bonchev–Trinajstić information content (AvgIpc) is 3.03. The smallest absolute Gasteiger partial charge is 0.213 e. The second-order valence-electron chi connectivity index (χ2n) is 8.03. The number of fused-ring (bicyclic) bond motifs is 1. The Morgan fingerprint density at radius 1 is 1.27 bits per heavy atom. The Kier molecular flexibility index (Phi) is 6.86. The molecule has 0 N–H and O–H groups in total. The molecule has 1 aromatic rings. The average molecular weight is 356 g/mol. The Labute approximate surface area is 158 Å². The van der Waals surface area contributed by atoms with Crippen LogP contribution in [0.3, 0.4) is 0 Å². The molecular weight excluding hydrogens is 322 g/mol. The first-order valence-electron chi connectivity index (χ1n) is 9.88. The van der Waals surface area contributed by atoms with Crippen LogP contribution in [0, 0.1) is 11.8 Å². The maximum atomic E-state index is 6.26. The van der Waals surface area contributed by atoms with E-state index in [1.165, 1.54) is 31.5 Å². The van der Waals surface area contributed by atoms with Crippen LogP contribution in [-0.2, 0) is 6.54 Å². The Balaban J connectivity index is 1.56. The fourth-order valence-electron chi connectivity index (χ4n) is 4.15. The molecule has 0 saturated carbocycles. The lowest BCUT2D eigenvalue weighted by atomic mass is 9.86. The van der Waals surface area contributed by atoms with E-state index in [-0.39, 0.29) is 6.10 Å². The highest BCUT2D eigenvalue weighted by Gasteiger charge is 2.33. The van der Waals surface area contributed by atoms with Crippen LogP contribution in [0.1, 0.15) is 31.2 Å². The molecule has 0 aromatic carbocycles. The van der Waals surface area contributed by atoms with Gasteiger partial charge in [-0.3, -0.25) is 4.90 Å². The summed E-state index contributed by atoms with van der Waals surface area (Å²) >= 11 is 0. The van der Waals surface area contributed by atoms with Crippen molar-refractivity contribution < 1.29 is 4.74 Å². The van der Waals surface area contributed by atoms with Gasteiger partial charge in [-0.05, 0) is 57.2 Å². The normalized spacial score (nSPS) is 23.8. The summed E-state index contributed by atoms with van der Waals surface area (Å²) in [4.78, 5) is 9.26. The Bertz CT molecular complexity index is 580. The molecule has 1 saturated heterocycles. The van der Waals surface area contributed by atoms with Gasteiger partial charge in [0.15, 0.2) is 0 Å². The molecule has 1 fully saturated rings. The van der Waals surface area contributed by atoms with Gasteiger partial charge >= 0.3 is 0 Å². The van der Waals surface area contributed by atoms with E-state index < -0.39 is 0 Å². The third kappa shape index (κ3) is 5.42. The van der Waals surface area contributed by atoms with Gasteiger partial charge in [-0.25, -0.2) is 4.98 Å². The fraction of sp³-hybridized carbons (Fsp3) is 0.591. The second kappa shape index (κ2) is 9.33. The van der Waals surface area contributed by atoms with E-state index >= 15 is 0 Å². The minimum absolute atomic E-state index is 0.174.